The molecule has 19 heavy (non-hydrogen) atoms. The second-order valence-electron chi connectivity index (χ2n) is 3.76. The molecule has 0 aliphatic heterocycles. The van der Waals surface area contributed by atoms with Crippen molar-refractivity contribution in [3.8, 4) is 0 Å². The average Bonchev–Trinajstić information content (AvgIpc) is 2.39. The number of halogens is 1. The number of hydrogen-bond acceptors (Lipinski definition) is 4. The summed E-state index contributed by atoms with van der Waals surface area (Å²) in [5, 5.41) is 5.12. The van der Waals surface area contributed by atoms with E-state index in [2.05, 4.69) is 26.6 Å². The summed E-state index contributed by atoms with van der Waals surface area (Å²) in [6, 6.07) is 4.91. The lowest BCUT2D eigenvalue weighted by Gasteiger charge is -2.08. The Kier molecular flexibility index (Phi) is 6.31. The van der Waals surface area contributed by atoms with Gasteiger partial charge in [-0.1, -0.05) is 0 Å². The zero-order chi connectivity index (χ0) is 14.3. The minimum absolute atomic E-state index is 0.0935. The van der Waals surface area contributed by atoms with Gasteiger partial charge in [0.25, 0.3) is 5.91 Å². The SMILES string of the molecule is COCCNC(=O)CNC(=O)c1cc(N)ccc1Br. The van der Waals surface area contributed by atoms with Gasteiger partial charge in [0.15, 0.2) is 0 Å². The maximum Gasteiger partial charge on any atom is 0.252 e. The summed E-state index contributed by atoms with van der Waals surface area (Å²) in [7, 11) is 1.55. The summed E-state index contributed by atoms with van der Waals surface area (Å²) in [5.74, 6) is -0.633. The third kappa shape index (κ3) is 5.27. The lowest BCUT2D eigenvalue weighted by atomic mass is 10.2. The first-order valence-electron chi connectivity index (χ1n) is 5.63. The molecule has 0 fully saturated rings. The van der Waals surface area contributed by atoms with E-state index in [4.69, 9.17) is 10.5 Å². The molecule has 0 spiro atoms. The lowest BCUT2D eigenvalue weighted by Crippen LogP contribution is -2.38. The summed E-state index contributed by atoms with van der Waals surface area (Å²) < 4.78 is 5.42. The molecule has 0 saturated carbocycles. The highest BCUT2D eigenvalue weighted by atomic mass is 79.9. The van der Waals surface area contributed by atoms with Gasteiger partial charge in [-0.05, 0) is 34.1 Å². The Labute approximate surface area is 119 Å². The van der Waals surface area contributed by atoms with Crippen LogP contribution in [0.25, 0.3) is 0 Å². The van der Waals surface area contributed by atoms with Gasteiger partial charge in [0.1, 0.15) is 0 Å². The first kappa shape index (κ1) is 15.5. The second-order valence-corrected chi connectivity index (χ2v) is 4.62. The molecule has 0 atom stereocenters. The van der Waals surface area contributed by atoms with Gasteiger partial charge in [-0.15, -0.1) is 0 Å². The Morgan fingerprint density at radius 2 is 2.11 bits per heavy atom. The lowest BCUT2D eigenvalue weighted by molar-refractivity contribution is -0.120. The predicted octanol–water partition coefficient (Wildman–Crippen LogP) is 0.524. The van der Waals surface area contributed by atoms with Crippen LogP contribution in [-0.4, -0.2) is 38.6 Å². The Balaban J connectivity index is 2.47. The summed E-state index contributed by atoms with van der Waals surface area (Å²) in [5.41, 5.74) is 6.49. The van der Waals surface area contributed by atoms with E-state index in [1.54, 1.807) is 25.3 Å². The van der Waals surface area contributed by atoms with Gasteiger partial charge >= 0.3 is 0 Å². The number of nitrogens with two attached hydrogens (primary N) is 1. The maximum absolute atomic E-state index is 11.9. The van der Waals surface area contributed by atoms with E-state index in [1.165, 1.54) is 0 Å². The fourth-order valence-corrected chi connectivity index (χ4v) is 1.75. The van der Waals surface area contributed by atoms with Gasteiger partial charge in [-0.3, -0.25) is 9.59 Å². The fraction of sp³-hybridized carbons (Fsp3) is 0.333. The molecule has 0 heterocycles. The van der Waals surface area contributed by atoms with Crippen molar-refractivity contribution in [1.82, 2.24) is 10.6 Å². The van der Waals surface area contributed by atoms with Crippen LogP contribution in [-0.2, 0) is 9.53 Å². The Hall–Kier alpha value is -1.60. The van der Waals surface area contributed by atoms with Crippen molar-refractivity contribution < 1.29 is 14.3 Å². The van der Waals surface area contributed by atoms with Crippen LogP contribution in [0, 0.1) is 0 Å². The smallest absolute Gasteiger partial charge is 0.252 e. The second kappa shape index (κ2) is 7.75. The molecule has 0 aliphatic rings. The normalized spacial score (nSPS) is 10.0. The van der Waals surface area contributed by atoms with Crippen molar-refractivity contribution >= 4 is 33.4 Å². The molecule has 4 N–H and O–H groups in total. The third-order valence-electron chi connectivity index (χ3n) is 2.27. The average molecular weight is 330 g/mol. The molecule has 104 valence electrons. The van der Waals surface area contributed by atoms with Gasteiger partial charge in [-0.25, -0.2) is 0 Å². The highest BCUT2D eigenvalue weighted by Gasteiger charge is 2.11. The number of nitrogen functional groups attached to an aromatic ring is 1. The Morgan fingerprint density at radius 3 is 2.79 bits per heavy atom. The van der Waals surface area contributed by atoms with E-state index in [1.807, 2.05) is 0 Å². The number of nitrogens with one attached hydrogen (secondary N) is 2. The molecule has 0 radical (unpaired) electrons. The number of amides is 2. The Bertz CT molecular complexity index is 466. The van der Waals surface area contributed by atoms with Crippen LogP contribution in [0.3, 0.4) is 0 Å². The molecule has 0 bridgehead atoms. The highest BCUT2D eigenvalue weighted by molar-refractivity contribution is 9.10. The number of hydrogen-bond donors (Lipinski definition) is 3. The van der Waals surface area contributed by atoms with Crippen molar-refractivity contribution in [2.75, 3.05) is 32.5 Å². The first-order chi connectivity index (χ1) is 9.04. The van der Waals surface area contributed by atoms with E-state index in [9.17, 15) is 9.59 Å². The van der Waals surface area contributed by atoms with Crippen LogP contribution in [0.2, 0.25) is 0 Å². The first-order valence-corrected chi connectivity index (χ1v) is 6.42. The molecule has 1 aromatic carbocycles. The molecule has 6 nitrogen and oxygen atoms in total. The van der Waals surface area contributed by atoms with Crippen LogP contribution >= 0.6 is 15.9 Å². The minimum atomic E-state index is -0.360. The van der Waals surface area contributed by atoms with Crippen molar-refractivity contribution in [2.45, 2.75) is 0 Å². The van der Waals surface area contributed by atoms with Crippen LogP contribution < -0.4 is 16.4 Å². The highest BCUT2D eigenvalue weighted by Crippen LogP contribution is 2.19. The largest absolute Gasteiger partial charge is 0.399 e. The van der Waals surface area contributed by atoms with Gasteiger partial charge in [0.05, 0.1) is 18.7 Å². The zero-order valence-electron chi connectivity index (χ0n) is 10.5. The topological polar surface area (TPSA) is 93.5 Å². The van der Waals surface area contributed by atoms with E-state index < -0.39 is 0 Å². The van der Waals surface area contributed by atoms with Crippen molar-refractivity contribution in [2.24, 2.45) is 0 Å². The number of carbonyl (C=O) groups is 2. The molecule has 0 unspecified atom stereocenters. The van der Waals surface area contributed by atoms with Crippen LogP contribution in [0.5, 0.6) is 0 Å². The number of benzene rings is 1. The summed E-state index contributed by atoms with van der Waals surface area (Å²) in [6.45, 7) is 0.747. The zero-order valence-corrected chi connectivity index (χ0v) is 12.1. The molecule has 1 aromatic rings. The van der Waals surface area contributed by atoms with Gasteiger partial charge in [0, 0.05) is 23.8 Å². The molecular weight excluding hydrogens is 314 g/mol. The summed E-state index contributed by atoms with van der Waals surface area (Å²) in [6.07, 6.45) is 0. The van der Waals surface area contributed by atoms with E-state index in [0.717, 1.165) is 0 Å². The van der Waals surface area contributed by atoms with Crippen LogP contribution in [0.1, 0.15) is 10.4 Å². The fourth-order valence-electron chi connectivity index (χ4n) is 1.33. The van der Waals surface area contributed by atoms with Crippen molar-refractivity contribution in [3.63, 3.8) is 0 Å². The van der Waals surface area contributed by atoms with Crippen LogP contribution in [0.4, 0.5) is 5.69 Å². The summed E-state index contributed by atoms with van der Waals surface area (Å²) in [4.78, 5) is 23.2. The molecule has 0 aromatic heterocycles. The van der Waals surface area contributed by atoms with Gasteiger partial charge in [0.2, 0.25) is 5.91 Å². The number of rotatable bonds is 6. The molecule has 7 heteroatoms. The monoisotopic (exact) mass is 329 g/mol. The molecular formula is C12H16BrN3O3. The van der Waals surface area contributed by atoms with Gasteiger partial charge in [-0.2, -0.15) is 0 Å². The minimum Gasteiger partial charge on any atom is -0.399 e. The van der Waals surface area contributed by atoms with Crippen molar-refractivity contribution in [1.29, 1.82) is 0 Å². The number of anilines is 1. The van der Waals surface area contributed by atoms with E-state index in [-0.39, 0.29) is 18.4 Å². The standard InChI is InChI=1S/C12H16BrN3O3/c1-19-5-4-15-11(17)7-16-12(18)9-6-8(14)2-3-10(9)13/h2-3,6H,4-5,7,14H2,1H3,(H,15,17)(H,16,18). The molecule has 0 saturated heterocycles. The quantitative estimate of drug-likeness (QED) is 0.524. The van der Waals surface area contributed by atoms with Gasteiger partial charge < -0.3 is 21.1 Å². The van der Waals surface area contributed by atoms with E-state index >= 15 is 0 Å². The van der Waals surface area contributed by atoms with E-state index in [0.29, 0.717) is 28.9 Å². The molecule has 0 aliphatic carbocycles. The third-order valence-corrected chi connectivity index (χ3v) is 2.96. The van der Waals surface area contributed by atoms with Crippen LogP contribution in [0.15, 0.2) is 22.7 Å². The molecule has 2 amide bonds. The number of carbonyl (C=O) groups excluding carboxylic acids is 2. The Morgan fingerprint density at radius 1 is 1.37 bits per heavy atom. The number of ether oxygens (including phenoxy) is 1. The molecule has 1 rings (SSSR count). The maximum atomic E-state index is 11.9. The summed E-state index contributed by atoms with van der Waals surface area (Å²) >= 11 is 3.26. The predicted molar refractivity (Wildman–Crippen MR) is 75.8 cm³/mol. The number of methoxy groups -OCH3 is 1. The van der Waals surface area contributed by atoms with Crippen molar-refractivity contribution in [3.05, 3.63) is 28.2 Å².